The lowest BCUT2D eigenvalue weighted by Crippen LogP contribution is -2.33. The standard InChI is InChI=1S/C16H21N3O4/c1-23-11-2-4-14-12(8-11)10(9-19-14)6-7-18-15(20)5-3-13(17)16(21)22/h2,4,8-9,13,19H,3,5-7,17H2,1H3,(H,18,20)(H,21,22)/t13-/m0/s1. The molecule has 1 heterocycles. The summed E-state index contributed by atoms with van der Waals surface area (Å²) in [7, 11) is 1.62. The second kappa shape index (κ2) is 7.64. The van der Waals surface area contributed by atoms with Crippen molar-refractivity contribution in [2.45, 2.75) is 25.3 Å². The van der Waals surface area contributed by atoms with Crippen molar-refractivity contribution in [3.8, 4) is 5.75 Å². The number of nitrogens with two attached hydrogens (primary N) is 1. The third-order valence-electron chi connectivity index (χ3n) is 3.69. The van der Waals surface area contributed by atoms with Crippen molar-refractivity contribution < 1.29 is 19.4 Å². The van der Waals surface area contributed by atoms with Crippen LogP contribution in [-0.4, -0.2) is 41.7 Å². The summed E-state index contributed by atoms with van der Waals surface area (Å²) >= 11 is 0. The SMILES string of the molecule is COc1ccc2[nH]cc(CCNC(=O)CC[C@H](N)C(=O)O)c2c1. The summed E-state index contributed by atoms with van der Waals surface area (Å²) < 4.78 is 5.22. The minimum atomic E-state index is -1.09. The van der Waals surface area contributed by atoms with Gasteiger partial charge in [0.25, 0.3) is 0 Å². The fraction of sp³-hybridized carbons (Fsp3) is 0.375. The number of amides is 1. The zero-order chi connectivity index (χ0) is 16.8. The summed E-state index contributed by atoms with van der Waals surface area (Å²) in [6, 6.07) is 4.79. The smallest absolute Gasteiger partial charge is 0.320 e. The van der Waals surface area contributed by atoms with Crippen LogP contribution in [0.1, 0.15) is 18.4 Å². The first kappa shape index (κ1) is 16.8. The molecule has 2 aromatic rings. The lowest BCUT2D eigenvalue weighted by molar-refractivity contribution is -0.138. The number of benzene rings is 1. The van der Waals surface area contributed by atoms with Crippen molar-refractivity contribution in [2.75, 3.05) is 13.7 Å². The number of nitrogens with one attached hydrogen (secondary N) is 2. The van der Waals surface area contributed by atoms with Gasteiger partial charge in [-0.15, -0.1) is 0 Å². The second-order valence-corrected chi connectivity index (χ2v) is 5.31. The van der Waals surface area contributed by atoms with E-state index in [1.54, 1.807) is 7.11 Å². The minimum Gasteiger partial charge on any atom is -0.497 e. The van der Waals surface area contributed by atoms with E-state index in [4.69, 9.17) is 15.6 Å². The summed E-state index contributed by atoms with van der Waals surface area (Å²) in [6.45, 7) is 0.477. The molecule has 2 rings (SSSR count). The Bertz CT molecular complexity index is 696. The topological polar surface area (TPSA) is 117 Å². The molecule has 1 atom stereocenters. The first-order chi connectivity index (χ1) is 11.0. The highest BCUT2D eigenvalue weighted by Gasteiger charge is 2.13. The molecule has 0 saturated carbocycles. The van der Waals surface area contributed by atoms with Crippen molar-refractivity contribution in [1.82, 2.24) is 10.3 Å². The van der Waals surface area contributed by atoms with Crippen LogP contribution in [0.15, 0.2) is 24.4 Å². The molecule has 7 nitrogen and oxygen atoms in total. The summed E-state index contributed by atoms with van der Waals surface area (Å²) in [6.07, 6.45) is 2.82. The van der Waals surface area contributed by atoms with Crippen molar-refractivity contribution in [3.05, 3.63) is 30.0 Å². The maximum Gasteiger partial charge on any atom is 0.320 e. The average molecular weight is 319 g/mol. The van der Waals surface area contributed by atoms with E-state index >= 15 is 0 Å². The average Bonchev–Trinajstić information content (AvgIpc) is 2.94. The monoisotopic (exact) mass is 319 g/mol. The number of aromatic amines is 1. The number of rotatable bonds is 8. The van der Waals surface area contributed by atoms with Crippen LogP contribution in [0.2, 0.25) is 0 Å². The summed E-state index contributed by atoms with van der Waals surface area (Å²) in [5, 5.41) is 12.5. The normalized spacial score (nSPS) is 12.1. The number of aromatic nitrogens is 1. The van der Waals surface area contributed by atoms with Crippen LogP contribution in [0.3, 0.4) is 0 Å². The Hall–Kier alpha value is -2.54. The zero-order valence-corrected chi connectivity index (χ0v) is 13.0. The highest BCUT2D eigenvalue weighted by molar-refractivity contribution is 5.84. The van der Waals surface area contributed by atoms with Crippen molar-refractivity contribution in [3.63, 3.8) is 0 Å². The van der Waals surface area contributed by atoms with Gasteiger partial charge in [0.15, 0.2) is 0 Å². The van der Waals surface area contributed by atoms with E-state index in [0.717, 1.165) is 22.2 Å². The number of aliphatic carboxylic acids is 1. The third kappa shape index (κ3) is 4.46. The van der Waals surface area contributed by atoms with E-state index in [-0.39, 0.29) is 18.7 Å². The predicted molar refractivity (Wildman–Crippen MR) is 86.4 cm³/mol. The van der Waals surface area contributed by atoms with Gasteiger partial charge in [0.05, 0.1) is 7.11 Å². The number of methoxy groups -OCH3 is 1. The lowest BCUT2D eigenvalue weighted by atomic mass is 10.1. The van der Waals surface area contributed by atoms with Gasteiger partial charge < -0.3 is 25.9 Å². The Balaban J connectivity index is 1.84. The molecule has 1 amide bonds. The minimum absolute atomic E-state index is 0.106. The van der Waals surface area contributed by atoms with E-state index in [1.807, 2.05) is 24.4 Å². The fourth-order valence-corrected chi connectivity index (χ4v) is 2.33. The Morgan fingerprint density at radius 2 is 2.22 bits per heavy atom. The molecule has 0 radical (unpaired) electrons. The van der Waals surface area contributed by atoms with E-state index in [0.29, 0.717) is 13.0 Å². The van der Waals surface area contributed by atoms with E-state index in [1.165, 1.54) is 0 Å². The maximum atomic E-state index is 11.7. The molecule has 0 aliphatic heterocycles. The lowest BCUT2D eigenvalue weighted by Gasteiger charge is -2.07. The molecule has 0 bridgehead atoms. The molecule has 0 fully saturated rings. The summed E-state index contributed by atoms with van der Waals surface area (Å²) in [5.41, 5.74) is 7.46. The molecule has 0 aliphatic rings. The Labute approximate surface area is 133 Å². The molecular weight excluding hydrogens is 298 g/mol. The molecular formula is C16H21N3O4. The highest BCUT2D eigenvalue weighted by atomic mass is 16.5. The molecule has 7 heteroatoms. The third-order valence-corrected chi connectivity index (χ3v) is 3.69. The number of carbonyl (C=O) groups is 2. The van der Waals surface area contributed by atoms with Gasteiger partial charge in [0.2, 0.25) is 5.91 Å². The molecule has 0 unspecified atom stereocenters. The Morgan fingerprint density at radius 1 is 1.43 bits per heavy atom. The van der Waals surface area contributed by atoms with Gasteiger partial charge in [0, 0.05) is 30.1 Å². The van der Waals surface area contributed by atoms with Gasteiger partial charge in [-0.2, -0.15) is 0 Å². The van der Waals surface area contributed by atoms with Crippen LogP contribution >= 0.6 is 0 Å². The van der Waals surface area contributed by atoms with E-state index in [9.17, 15) is 9.59 Å². The number of hydrogen-bond donors (Lipinski definition) is 4. The van der Waals surface area contributed by atoms with Gasteiger partial charge in [-0.05, 0) is 36.6 Å². The van der Waals surface area contributed by atoms with Crippen molar-refractivity contribution in [1.29, 1.82) is 0 Å². The molecule has 1 aromatic carbocycles. The molecule has 0 spiro atoms. The molecule has 5 N–H and O–H groups in total. The molecule has 0 aliphatic carbocycles. The Morgan fingerprint density at radius 3 is 2.91 bits per heavy atom. The first-order valence-electron chi connectivity index (χ1n) is 7.40. The van der Waals surface area contributed by atoms with Gasteiger partial charge in [-0.25, -0.2) is 0 Å². The van der Waals surface area contributed by atoms with Crippen LogP contribution in [0.25, 0.3) is 10.9 Å². The van der Waals surface area contributed by atoms with Crippen molar-refractivity contribution >= 4 is 22.8 Å². The van der Waals surface area contributed by atoms with E-state index < -0.39 is 12.0 Å². The Kier molecular flexibility index (Phi) is 5.59. The number of H-pyrrole nitrogens is 1. The number of fused-ring (bicyclic) bond motifs is 1. The van der Waals surface area contributed by atoms with Gasteiger partial charge >= 0.3 is 5.97 Å². The van der Waals surface area contributed by atoms with E-state index in [2.05, 4.69) is 10.3 Å². The van der Waals surface area contributed by atoms with Crippen LogP contribution in [0.5, 0.6) is 5.75 Å². The van der Waals surface area contributed by atoms with Gasteiger partial charge in [-0.1, -0.05) is 0 Å². The maximum absolute atomic E-state index is 11.7. The molecule has 23 heavy (non-hydrogen) atoms. The fourth-order valence-electron chi connectivity index (χ4n) is 2.33. The van der Waals surface area contributed by atoms with Crippen LogP contribution in [0, 0.1) is 0 Å². The largest absolute Gasteiger partial charge is 0.497 e. The van der Waals surface area contributed by atoms with Crippen LogP contribution in [-0.2, 0) is 16.0 Å². The number of ether oxygens (including phenoxy) is 1. The number of hydrogen-bond acceptors (Lipinski definition) is 4. The molecule has 1 aromatic heterocycles. The van der Waals surface area contributed by atoms with Crippen LogP contribution < -0.4 is 15.8 Å². The number of carboxylic acids is 1. The number of carboxylic acid groups (broad SMARTS) is 1. The molecule has 124 valence electrons. The summed E-state index contributed by atoms with van der Waals surface area (Å²) in [5.74, 6) is -0.505. The molecule has 0 saturated heterocycles. The van der Waals surface area contributed by atoms with Gasteiger partial charge in [-0.3, -0.25) is 9.59 Å². The van der Waals surface area contributed by atoms with Crippen LogP contribution in [0.4, 0.5) is 0 Å². The second-order valence-electron chi connectivity index (χ2n) is 5.31. The highest BCUT2D eigenvalue weighted by Crippen LogP contribution is 2.23. The van der Waals surface area contributed by atoms with Gasteiger partial charge in [0.1, 0.15) is 11.8 Å². The quantitative estimate of drug-likeness (QED) is 0.579. The number of carbonyl (C=O) groups excluding carboxylic acids is 1. The summed E-state index contributed by atoms with van der Waals surface area (Å²) in [4.78, 5) is 25.4. The predicted octanol–water partition coefficient (Wildman–Crippen LogP) is 1.03. The first-order valence-corrected chi connectivity index (χ1v) is 7.40. The zero-order valence-electron chi connectivity index (χ0n) is 13.0. The van der Waals surface area contributed by atoms with Crippen molar-refractivity contribution in [2.24, 2.45) is 5.73 Å².